The van der Waals surface area contributed by atoms with Crippen molar-refractivity contribution in [3.8, 4) is 5.75 Å². The Hall–Kier alpha value is -1.54. The molecule has 19 heavy (non-hydrogen) atoms. The van der Waals surface area contributed by atoms with Crippen LogP contribution >= 0.6 is 0 Å². The van der Waals surface area contributed by atoms with Gasteiger partial charge in [0.1, 0.15) is 5.75 Å². The molecule has 0 saturated heterocycles. The second-order valence-electron chi connectivity index (χ2n) is 5.15. The van der Waals surface area contributed by atoms with Crippen molar-refractivity contribution < 1.29 is 4.74 Å². The van der Waals surface area contributed by atoms with Crippen molar-refractivity contribution in [3.05, 3.63) is 42.0 Å². The summed E-state index contributed by atoms with van der Waals surface area (Å²) in [5.41, 5.74) is 7.22. The number of ether oxygens (including phenoxy) is 1. The van der Waals surface area contributed by atoms with Crippen LogP contribution in [0.25, 0.3) is 10.8 Å². The molecule has 2 N–H and O–H groups in total. The molecule has 0 bridgehead atoms. The third kappa shape index (κ3) is 3.48. The predicted molar refractivity (Wildman–Crippen MR) is 81.7 cm³/mol. The van der Waals surface area contributed by atoms with Crippen LogP contribution in [0.5, 0.6) is 5.75 Å². The summed E-state index contributed by atoms with van der Waals surface area (Å²) in [4.78, 5) is 0. The van der Waals surface area contributed by atoms with Crippen LogP contribution in [0.4, 0.5) is 0 Å². The maximum Gasteiger partial charge on any atom is 0.123 e. The molecular formula is C17H23NO. The van der Waals surface area contributed by atoms with E-state index < -0.39 is 0 Å². The fraction of sp³-hybridized carbons (Fsp3) is 0.412. The molecule has 0 aromatic heterocycles. The molecular weight excluding hydrogens is 234 g/mol. The van der Waals surface area contributed by atoms with Gasteiger partial charge in [0.25, 0.3) is 0 Å². The molecule has 0 spiro atoms. The van der Waals surface area contributed by atoms with E-state index in [4.69, 9.17) is 10.5 Å². The van der Waals surface area contributed by atoms with Gasteiger partial charge >= 0.3 is 0 Å². The van der Waals surface area contributed by atoms with Gasteiger partial charge in [0.2, 0.25) is 0 Å². The first-order valence-corrected chi connectivity index (χ1v) is 7.11. The summed E-state index contributed by atoms with van der Waals surface area (Å²) in [6.07, 6.45) is 3.09. The quantitative estimate of drug-likeness (QED) is 0.796. The highest BCUT2D eigenvalue weighted by Gasteiger charge is 2.10. The molecule has 0 aliphatic rings. The van der Waals surface area contributed by atoms with Gasteiger partial charge in [0.05, 0.1) is 6.61 Å². The van der Waals surface area contributed by atoms with Crippen molar-refractivity contribution in [2.45, 2.75) is 39.2 Å². The summed E-state index contributed by atoms with van der Waals surface area (Å²) < 4.78 is 5.93. The van der Waals surface area contributed by atoms with E-state index in [1.807, 2.05) is 6.92 Å². The Morgan fingerprint density at radius 1 is 1.16 bits per heavy atom. The molecule has 2 aromatic carbocycles. The van der Waals surface area contributed by atoms with E-state index in [9.17, 15) is 0 Å². The summed E-state index contributed by atoms with van der Waals surface area (Å²) in [5, 5.41) is 2.51. The molecule has 2 rings (SSSR count). The largest absolute Gasteiger partial charge is 0.493 e. The normalized spacial score (nSPS) is 12.6. The van der Waals surface area contributed by atoms with Crippen LogP contribution < -0.4 is 10.5 Å². The van der Waals surface area contributed by atoms with E-state index in [1.54, 1.807) is 0 Å². The van der Waals surface area contributed by atoms with Crippen LogP contribution in [0.15, 0.2) is 36.4 Å². The van der Waals surface area contributed by atoms with Gasteiger partial charge in [-0.05, 0) is 36.6 Å². The van der Waals surface area contributed by atoms with E-state index in [-0.39, 0.29) is 6.04 Å². The van der Waals surface area contributed by atoms with Crippen LogP contribution in [0, 0.1) is 0 Å². The minimum atomic E-state index is 0.138. The number of fused-ring (bicyclic) bond motifs is 1. The fourth-order valence-corrected chi connectivity index (χ4v) is 2.31. The predicted octanol–water partition coefficient (Wildman–Crippen LogP) is 3.91. The Morgan fingerprint density at radius 3 is 2.68 bits per heavy atom. The van der Waals surface area contributed by atoms with Crippen molar-refractivity contribution in [3.63, 3.8) is 0 Å². The van der Waals surface area contributed by atoms with Gasteiger partial charge in [-0.15, -0.1) is 0 Å². The monoisotopic (exact) mass is 257 g/mol. The number of unbranched alkanes of at least 4 members (excludes halogenated alkanes) is 1. The molecule has 0 radical (unpaired) electrons. The second-order valence-corrected chi connectivity index (χ2v) is 5.15. The van der Waals surface area contributed by atoms with Gasteiger partial charge in [-0.3, -0.25) is 0 Å². The Kier molecular flexibility index (Phi) is 4.80. The molecule has 0 aliphatic carbocycles. The lowest BCUT2D eigenvalue weighted by Crippen LogP contribution is -2.18. The van der Waals surface area contributed by atoms with Crippen LogP contribution in [-0.2, 0) is 6.42 Å². The molecule has 1 atom stereocenters. The van der Waals surface area contributed by atoms with Crippen LogP contribution in [0.3, 0.4) is 0 Å². The molecule has 1 unspecified atom stereocenters. The molecule has 102 valence electrons. The zero-order valence-electron chi connectivity index (χ0n) is 11.9. The van der Waals surface area contributed by atoms with Gasteiger partial charge in [-0.1, -0.05) is 43.7 Å². The number of rotatable bonds is 6. The fourth-order valence-electron chi connectivity index (χ4n) is 2.31. The molecule has 0 saturated carbocycles. The smallest absolute Gasteiger partial charge is 0.123 e. The van der Waals surface area contributed by atoms with Crippen molar-refractivity contribution in [1.82, 2.24) is 0 Å². The molecule has 0 aliphatic heterocycles. The number of benzene rings is 2. The number of nitrogens with two attached hydrogens (primary N) is 1. The van der Waals surface area contributed by atoms with Gasteiger partial charge in [0, 0.05) is 11.6 Å². The minimum Gasteiger partial charge on any atom is -0.493 e. The first kappa shape index (κ1) is 13.9. The zero-order valence-corrected chi connectivity index (χ0v) is 11.9. The zero-order chi connectivity index (χ0) is 13.7. The molecule has 2 nitrogen and oxygen atoms in total. The Morgan fingerprint density at radius 2 is 1.95 bits per heavy atom. The SMILES string of the molecule is CCCCOc1ccc2ccccc2c1CC(C)N. The van der Waals surface area contributed by atoms with Crippen molar-refractivity contribution in [2.24, 2.45) is 5.73 Å². The van der Waals surface area contributed by atoms with Gasteiger partial charge in [-0.25, -0.2) is 0 Å². The van der Waals surface area contributed by atoms with E-state index in [0.717, 1.165) is 31.6 Å². The number of hydrogen-bond donors (Lipinski definition) is 1. The lowest BCUT2D eigenvalue weighted by atomic mass is 9.98. The first-order valence-electron chi connectivity index (χ1n) is 7.11. The molecule has 0 fully saturated rings. The summed E-state index contributed by atoms with van der Waals surface area (Å²) in [7, 11) is 0. The highest BCUT2D eigenvalue weighted by Crippen LogP contribution is 2.29. The summed E-state index contributed by atoms with van der Waals surface area (Å²) in [5.74, 6) is 0.990. The maximum absolute atomic E-state index is 5.98. The first-order chi connectivity index (χ1) is 9.22. The molecule has 2 aromatic rings. The average Bonchev–Trinajstić information content (AvgIpc) is 2.41. The standard InChI is InChI=1S/C17H23NO/c1-3-4-11-19-17-10-9-14-7-5-6-8-15(14)16(17)12-13(2)18/h5-10,13H,3-4,11-12,18H2,1-2H3. The van der Waals surface area contributed by atoms with Crippen molar-refractivity contribution in [1.29, 1.82) is 0 Å². The highest BCUT2D eigenvalue weighted by molar-refractivity contribution is 5.87. The number of hydrogen-bond acceptors (Lipinski definition) is 2. The average molecular weight is 257 g/mol. The lowest BCUT2D eigenvalue weighted by molar-refractivity contribution is 0.306. The van der Waals surface area contributed by atoms with Gasteiger partial charge in [-0.2, -0.15) is 0 Å². The van der Waals surface area contributed by atoms with Gasteiger partial charge in [0.15, 0.2) is 0 Å². The minimum absolute atomic E-state index is 0.138. The van der Waals surface area contributed by atoms with Gasteiger partial charge < -0.3 is 10.5 Å². The third-order valence-electron chi connectivity index (χ3n) is 3.28. The molecule has 0 heterocycles. The third-order valence-corrected chi connectivity index (χ3v) is 3.28. The van der Waals surface area contributed by atoms with Crippen LogP contribution in [-0.4, -0.2) is 12.6 Å². The van der Waals surface area contributed by atoms with Crippen LogP contribution in [0.1, 0.15) is 32.3 Å². The maximum atomic E-state index is 5.98. The topological polar surface area (TPSA) is 35.2 Å². The van der Waals surface area contributed by atoms with E-state index in [1.165, 1.54) is 16.3 Å². The molecule has 2 heteroatoms. The molecule has 0 amide bonds. The van der Waals surface area contributed by atoms with E-state index >= 15 is 0 Å². The summed E-state index contributed by atoms with van der Waals surface area (Å²) >= 11 is 0. The lowest BCUT2D eigenvalue weighted by Gasteiger charge is -2.15. The Balaban J connectivity index is 2.38. The summed E-state index contributed by atoms with van der Waals surface area (Å²) in [6.45, 7) is 4.99. The van der Waals surface area contributed by atoms with Crippen molar-refractivity contribution >= 4 is 10.8 Å². The second kappa shape index (κ2) is 6.58. The summed E-state index contributed by atoms with van der Waals surface area (Å²) in [6, 6.07) is 12.8. The van der Waals surface area contributed by atoms with E-state index in [2.05, 4.69) is 43.3 Å². The Bertz CT molecular complexity index is 534. The Labute approximate surface area is 115 Å². The van der Waals surface area contributed by atoms with E-state index in [0.29, 0.717) is 0 Å². The van der Waals surface area contributed by atoms with Crippen LogP contribution in [0.2, 0.25) is 0 Å². The highest BCUT2D eigenvalue weighted by atomic mass is 16.5. The van der Waals surface area contributed by atoms with Crippen molar-refractivity contribution in [2.75, 3.05) is 6.61 Å².